The molecule has 2 rings (SSSR count). The Balaban J connectivity index is 1.90. The zero-order chi connectivity index (χ0) is 13.0. The summed E-state index contributed by atoms with van der Waals surface area (Å²) >= 11 is 3.49. The molecule has 0 radical (unpaired) electrons. The zero-order valence-corrected chi connectivity index (χ0v) is 13.0. The summed E-state index contributed by atoms with van der Waals surface area (Å²) in [7, 11) is 0. The summed E-state index contributed by atoms with van der Waals surface area (Å²) in [5.41, 5.74) is 1.38. The number of halogens is 1. The molecule has 1 N–H and O–H groups in total. The summed E-state index contributed by atoms with van der Waals surface area (Å²) < 4.78 is 1.15. The molecule has 0 saturated heterocycles. The van der Waals surface area contributed by atoms with Crippen molar-refractivity contribution in [2.75, 3.05) is 0 Å². The summed E-state index contributed by atoms with van der Waals surface area (Å²) in [6.07, 6.45) is 6.84. The summed E-state index contributed by atoms with van der Waals surface area (Å²) in [5.74, 6) is 0.916. The van der Waals surface area contributed by atoms with Crippen LogP contribution in [0, 0.1) is 5.92 Å². The predicted molar refractivity (Wildman–Crippen MR) is 81.7 cm³/mol. The molecule has 0 aromatic heterocycles. The molecule has 100 valence electrons. The van der Waals surface area contributed by atoms with Crippen LogP contribution < -0.4 is 5.32 Å². The molecule has 0 spiro atoms. The topological polar surface area (TPSA) is 12.0 Å². The summed E-state index contributed by atoms with van der Waals surface area (Å²) in [5, 5.41) is 3.80. The summed E-state index contributed by atoms with van der Waals surface area (Å²) in [4.78, 5) is 0. The first kappa shape index (κ1) is 14.1. The number of nitrogens with one attached hydrogen (secondary N) is 1. The Hall–Kier alpha value is -0.340. The molecule has 3 unspecified atom stereocenters. The van der Waals surface area contributed by atoms with Crippen LogP contribution in [0.25, 0.3) is 0 Å². The van der Waals surface area contributed by atoms with Crippen molar-refractivity contribution in [2.24, 2.45) is 5.92 Å². The molecule has 1 aliphatic carbocycles. The van der Waals surface area contributed by atoms with Gasteiger partial charge in [0, 0.05) is 16.6 Å². The maximum atomic E-state index is 3.80. The number of hydrogen-bond acceptors (Lipinski definition) is 1. The highest BCUT2D eigenvalue weighted by molar-refractivity contribution is 9.10. The summed E-state index contributed by atoms with van der Waals surface area (Å²) in [6, 6.07) is 9.83. The Morgan fingerprint density at radius 1 is 1.11 bits per heavy atom. The maximum Gasteiger partial charge on any atom is 0.0294 e. The fraction of sp³-hybridized carbons (Fsp3) is 0.625. The quantitative estimate of drug-likeness (QED) is 0.769. The van der Waals surface area contributed by atoms with Gasteiger partial charge in [-0.25, -0.2) is 0 Å². The number of rotatable bonds is 3. The molecule has 0 amide bonds. The van der Waals surface area contributed by atoms with Crippen LogP contribution in [0.5, 0.6) is 0 Å². The molecule has 0 bridgehead atoms. The fourth-order valence-corrected chi connectivity index (χ4v) is 3.12. The molecular formula is C16H24BrN. The molecule has 1 fully saturated rings. The van der Waals surface area contributed by atoms with Gasteiger partial charge in [-0.3, -0.25) is 0 Å². The van der Waals surface area contributed by atoms with E-state index in [1.54, 1.807) is 0 Å². The predicted octanol–water partition coefficient (Wildman–Crippen LogP) is 5.07. The molecule has 18 heavy (non-hydrogen) atoms. The van der Waals surface area contributed by atoms with E-state index in [9.17, 15) is 0 Å². The van der Waals surface area contributed by atoms with Crippen molar-refractivity contribution >= 4 is 15.9 Å². The second kappa shape index (κ2) is 6.72. The molecule has 3 atom stereocenters. The average molecular weight is 310 g/mol. The van der Waals surface area contributed by atoms with E-state index in [0.29, 0.717) is 12.1 Å². The minimum atomic E-state index is 0.455. The van der Waals surface area contributed by atoms with E-state index in [4.69, 9.17) is 0 Å². The highest BCUT2D eigenvalue weighted by Gasteiger charge is 2.18. The highest BCUT2D eigenvalue weighted by Crippen LogP contribution is 2.25. The van der Waals surface area contributed by atoms with Crippen LogP contribution in [0.4, 0.5) is 0 Å². The van der Waals surface area contributed by atoms with Gasteiger partial charge in [0.05, 0.1) is 0 Å². The third-order valence-corrected chi connectivity index (χ3v) is 4.64. The van der Waals surface area contributed by atoms with Crippen molar-refractivity contribution in [3.8, 4) is 0 Å². The van der Waals surface area contributed by atoms with Crippen LogP contribution in [-0.2, 0) is 0 Å². The molecule has 0 heterocycles. The van der Waals surface area contributed by atoms with E-state index < -0.39 is 0 Å². The van der Waals surface area contributed by atoms with E-state index in [0.717, 1.165) is 10.4 Å². The van der Waals surface area contributed by atoms with Gasteiger partial charge in [-0.15, -0.1) is 0 Å². The minimum Gasteiger partial charge on any atom is -0.307 e. The zero-order valence-electron chi connectivity index (χ0n) is 11.5. The lowest BCUT2D eigenvalue weighted by molar-refractivity contribution is 0.408. The Labute approximate surface area is 119 Å². The maximum absolute atomic E-state index is 3.80. The normalized spacial score (nSPS) is 26.6. The van der Waals surface area contributed by atoms with Crippen LogP contribution in [0.2, 0.25) is 0 Å². The van der Waals surface area contributed by atoms with Gasteiger partial charge in [0.2, 0.25) is 0 Å². The van der Waals surface area contributed by atoms with Gasteiger partial charge < -0.3 is 5.32 Å². The van der Waals surface area contributed by atoms with Gasteiger partial charge in [0.25, 0.3) is 0 Å². The van der Waals surface area contributed by atoms with Crippen LogP contribution in [0.3, 0.4) is 0 Å². The van der Waals surface area contributed by atoms with Crippen molar-refractivity contribution in [3.63, 3.8) is 0 Å². The lowest BCUT2D eigenvalue weighted by Gasteiger charge is -2.22. The first-order valence-corrected chi connectivity index (χ1v) is 7.96. The van der Waals surface area contributed by atoms with Crippen LogP contribution in [0.15, 0.2) is 28.7 Å². The van der Waals surface area contributed by atoms with E-state index in [1.165, 1.54) is 37.7 Å². The van der Waals surface area contributed by atoms with Gasteiger partial charge in [-0.2, -0.15) is 0 Å². The van der Waals surface area contributed by atoms with E-state index >= 15 is 0 Å². The van der Waals surface area contributed by atoms with Crippen LogP contribution >= 0.6 is 15.9 Å². The molecule has 2 heteroatoms. The van der Waals surface area contributed by atoms with Crippen molar-refractivity contribution < 1.29 is 0 Å². The Kier molecular flexibility index (Phi) is 5.25. The van der Waals surface area contributed by atoms with Crippen molar-refractivity contribution in [3.05, 3.63) is 34.3 Å². The van der Waals surface area contributed by atoms with E-state index in [1.807, 2.05) is 0 Å². The standard InChI is InChI=1S/C16H24BrN/c1-12-4-3-5-16(11-6-12)18-13(2)14-7-9-15(17)10-8-14/h7-10,12-13,16,18H,3-6,11H2,1-2H3. The molecule has 1 aromatic rings. The average Bonchev–Trinajstić information content (AvgIpc) is 2.55. The first-order chi connectivity index (χ1) is 8.65. The highest BCUT2D eigenvalue weighted by atomic mass is 79.9. The van der Waals surface area contributed by atoms with Gasteiger partial charge in [-0.1, -0.05) is 47.8 Å². The third-order valence-electron chi connectivity index (χ3n) is 4.11. The smallest absolute Gasteiger partial charge is 0.0294 e. The molecule has 1 aliphatic rings. The largest absolute Gasteiger partial charge is 0.307 e. The lowest BCUT2D eigenvalue weighted by Crippen LogP contribution is -2.31. The first-order valence-electron chi connectivity index (χ1n) is 7.16. The Morgan fingerprint density at radius 2 is 1.83 bits per heavy atom. The Bertz CT molecular complexity index is 360. The third kappa shape index (κ3) is 4.10. The van der Waals surface area contributed by atoms with E-state index in [-0.39, 0.29) is 0 Å². The monoisotopic (exact) mass is 309 g/mol. The second-order valence-corrected chi connectivity index (χ2v) is 6.67. The van der Waals surface area contributed by atoms with Crippen LogP contribution in [-0.4, -0.2) is 6.04 Å². The van der Waals surface area contributed by atoms with Gasteiger partial charge >= 0.3 is 0 Å². The lowest BCUT2D eigenvalue weighted by atomic mass is 10.0. The van der Waals surface area contributed by atoms with Gasteiger partial charge in [0.1, 0.15) is 0 Å². The van der Waals surface area contributed by atoms with Gasteiger partial charge in [-0.05, 0) is 49.8 Å². The van der Waals surface area contributed by atoms with Crippen molar-refractivity contribution in [1.82, 2.24) is 5.32 Å². The summed E-state index contributed by atoms with van der Waals surface area (Å²) in [6.45, 7) is 4.66. The molecule has 1 nitrogen and oxygen atoms in total. The minimum absolute atomic E-state index is 0.455. The second-order valence-electron chi connectivity index (χ2n) is 5.75. The van der Waals surface area contributed by atoms with Crippen molar-refractivity contribution in [2.45, 2.75) is 58.0 Å². The fourth-order valence-electron chi connectivity index (χ4n) is 2.85. The van der Waals surface area contributed by atoms with Gasteiger partial charge in [0.15, 0.2) is 0 Å². The van der Waals surface area contributed by atoms with Crippen molar-refractivity contribution in [1.29, 1.82) is 0 Å². The SMILES string of the molecule is CC1CCCC(NC(C)c2ccc(Br)cc2)CC1. The molecule has 1 saturated carbocycles. The van der Waals surface area contributed by atoms with Crippen LogP contribution in [0.1, 0.15) is 57.6 Å². The Morgan fingerprint density at radius 3 is 2.56 bits per heavy atom. The number of benzene rings is 1. The molecule has 1 aromatic carbocycles. The molecule has 0 aliphatic heterocycles. The molecular weight excluding hydrogens is 286 g/mol. The number of hydrogen-bond donors (Lipinski definition) is 1. The van der Waals surface area contributed by atoms with E-state index in [2.05, 4.69) is 59.4 Å².